The van der Waals surface area contributed by atoms with Crippen LogP contribution in [-0.2, 0) is 4.79 Å². The third-order valence-corrected chi connectivity index (χ3v) is 3.55. The molecule has 1 heterocycles. The zero-order valence-electron chi connectivity index (χ0n) is 12.6. The minimum atomic E-state index is -0.453. The third kappa shape index (κ3) is 3.97. The fourth-order valence-electron chi connectivity index (χ4n) is 2.10. The Bertz CT molecular complexity index is 760. The maximum Gasteiger partial charge on any atom is 0.312 e. The average Bonchev–Trinajstić information content (AvgIpc) is 3.03. The summed E-state index contributed by atoms with van der Waals surface area (Å²) in [6, 6.07) is 11.4. The number of carbonyl (C=O) groups is 2. The Labute approximate surface area is 143 Å². The summed E-state index contributed by atoms with van der Waals surface area (Å²) in [5, 5.41) is 3.20. The summed E-state index contributed by atoms with van der Waals surface area (Å²) in [7, 11) is 0. The second kappa shape index (κ2) is 7.23. The topological polar surface area (TPSA) is 73.9 Å². The highest BCUT2D eigenvalue weighted by Gasteiger charge is 2.15. The van der Waals surface area contributed by atoms with E-state index in [2.05, 4.69) is 5.32 Å². The fraction of sp³-hybridized carbons (Fsp3) is 0.176. The number of benzene rings is 2. The van der Waals surface area contributed by atoms with E-state index in [1.165, 1.54) is 0 Å². The van der Waals surface area contributed by atoms with E-state index in [4.69, 9.17) is 25.8 Å². The minimum Gasteiger partial charge on any atom is -0.454 e. The smallest absolute Gasteiger partial charge is 0.312 e. The van der Waals surface area contributed by atoms with Crippen LogP contribution in [0.4, 0.5) is 0 Å². The second-order valence-electron chi connectivity index (χ2n) is 5.00. The molecule has 0 radical (unpaired) electrons. The number of hydrogen-bond donors (Lipinski definition) is 1. The first-order valence-electron chi connectivity index (χ1n) is 7.26. The number of ether oxygens (including phenoxy) is 3. The van der Waals surface area contributed by atoms with Crippen molar-refractivity contribution >= 4 is 23.5 Å². The van der Waals surface area contributed by atoms with Gasteiger partial charge in [0.15, 0.2) is 11.5 Å². The maximum absolute atomic E-state index is 11.9. The van der Waals surface area contributed by atoms with Gasteiger partial charge in [-0.1, -0.05) is 11.6 Å². The molecular weight excluding hydrogens is 334 g/mol. The van der Waals surface area contributed by atoms with Crippen LogP contribution in [0.3, 0.4) is 0 Å². The highest BCUT2D eigenvalue weighted by Crippen LogP contribution is 2.35. The van der Waals surface area contributed by atoms with E-state index in [9.17, 15) is 9.59 Å². The maximum atomic E-state index is 11.9. The van der Waals surface area contributed by atoms with Gasteiger partial charge in [0.2, 0.25) is 6.79 Å². The van der Waals surface area contributed by atoms with E-state index in [1.807, 2.05) is 0 Å². The van der Waals surface area contributed by atoms with Crippen LogP contribution in [0, 0.1) is 0 Å². The van der Waals surface area contributed by atoms with Gasteiger partial charge in [0.25, 0.3) is 5.91 Å². The Morgan fingerprint density at radius 3 is 2.62 bits per heavy atom. The quantitative estimate of drug-likeness (QED) is 0.665. The SMILES string of the molecule is O=C(CCNC(=O)c1ccc(Cl)cc1)Oc1ccc2c(c1)OCO2. The lowest BCUT2D eigenvalue weighted by molar-refractivity contribution is -0.134. The monoisotopic (exact) mass is 347 g/mol. The Morgan fingerprint density at radius 2 is 1.83 bits per heavy atom. The first-order chi connectivity index (χ1) is 11.6. The van der Waals surface area contributed by atoms with Gasteiger partial charge in [0.1, 0.15) is 5.75 Å². The first kappa shape index (κ1) is 16.1. The van der Waals surface area contributed by atoms with Crippen molar-refractivity contribution in [1.29, 1.82) is 0 Å². The van der Waals surface area contributed by atoms with Gasteiger partial charge in [0, 0.05) is 23.2 Å². The molecule has 0 saturated heterocycles. The Balaban J connectivity index is 1.45. The Kier molecular flexibility index (Phi) is 4.86. The molecular formula is C17H14ClNO5. The number of nitrogens with one attached hydrogen (secondary N) is 1. The van der Waals surface area contributed by atoms with Crippen LogP contribution < -0.4 is 19.5 Å². The molecule has 1 N–H and O–H groups in total. The molecule has 0 atom stereocenters. The molecule has 1 aliphatic rings. The summed E-state index contributed by atoms with van der Waals surface area (Å²) in [5.41, 5.74) is 0.475. The van der Waals surface area contributed by atoms with E-state index < -0.39 is 5.97 Å². The van der Waals surface area contributed by atoms with Crippen molar-refractivity contribution in [2.24, 2.45) is 0 Å². The molecule has 24 heavy (non-hydrogen) atoms. The number of esters is 1. The number of halogens is 1. The lowest BCUT2D eigenvalue weighted by atomic mass is 10.2. The van der Waals surface area contributed by atoms with Gasteiger partial charge >= 0.3 is 5.97 Å². The lowest BCUT2D eigenvalue weighted by Crippen LogP contribution is -2.27. The van der Waals surface area contributed by atoms with Crippen LogP contribution in [0.2, 0.25) is 5.02 Å². The van der Waals surface area contributed by atoms with Gasteiger partial charge in [0.05, 0.1) is 6.42 Å². The molecule has 1 aliphatic heterocycles. The second-order valence-corrected chi connectivity index (χ2v) is 5.44. The molecule has 0 aliphatic carbocycles. The molecule has 0 unspecified atom stereocenters. The first-order valence-corrected chi connectivity index (χ1v) is 7.64. The molecule has 3 rings (SSSR count). The van der Waals surface area contributed by atoms with Gasteiger partial charge in [-0.25, -0.2) is 0 Å². The fourth-order valence-corrected chi connectivity index (χ4v) is 2.23. The van der Waals surface area contributed by atoms with Crippen molar-refractivity contribution in [1.82, 2.24) is 5.32 Å². The van der Waals surface area contributed by atoms with Crippen LogP contribution in [-0.4, -0.2) is 25.2 Å². The summed E-state index contributed by atoms with van der Waals surface area (Å²) in [5.74, 6) is 0.794. The number of fused-ring (bicyclic) bond motifs is 1. The summed E-state index contributed by atoms with van der Waals surface area (Å²) in [6.45, 7) is 0.328. The van der Waals surface area contributed by atoms with Crippen LogP contribution in [0.15, 0.2) is 42.5 Å². The Morgan fingerprint density at radius 1 is 1.08 bits per heavy atom. The molecule has 0 spiro atoms. The van der Waals surface area contributed by atoms with Crippen LogP contribution >= 0.6 is 11.6 Å². The number of hydrogen-bond acceptors (Lipinski definition) is 5. The highest BCUT2D eigenvalue weighted by atomic mass is 35.5. The minimum absolute atomic E-state index is 0.0494. The molecule has 0 bridgehead atoms. The van der Waals surface area contributed by atoms with Crippen molar-refractivity contribution in [3.8, 4) is 17.2 Å². The number of rotatable bonds is 5. The van der Waals surface area contributed by atoms with Crippen molar-refractivity contribution < 1.29 is 23.8 Å². The summed E-state index contributed by atoms with van der Waals surface area (Å²) in [4.78, 5) is 23.7. The van der Waals surface area contributed by atoms with E-state index >= 15 is 0 Å². The number of amides is 1. The van der Waals surface area contributed by atoms with Crippen LogP contribution in [0.25, 0.3) is 0 Å². The van der Waals surface area contributed by atoms with Crippen molar-refractivity contribution in [2.45, 2.75) is 6.42 Å². The number of carbonyl (C=O) groups excluding carboxylic acids is 2. The molecule has 6 nitrogen and oxygen atoms in total. The summed E-state index contributed by atoms with van der Waals surface area (Å²) < 4.78 is 15.6. The van der Waals surface area contributed by atoms with E-state index in [-0.39, 0.29) is 25.7 Å². The Hall–Kier alpha value is -2.73. The zero-order chi connectivity index (χ0) is 16.9. The molecule has 7 heteroatoms. The van der Waals surface area contributed by atoms with Gasteiger partial charge in [-0.15, -0.1) is 0 Å². The van der Waals surface area contributed by atoms with Crippen LogP contribution in [0.1, 0.15) is 16.8 Å². The molecule has 0 fully saturated rings. The average molecular weight is 348 g/mol. The standard InChI is InChI=1S/C17H14ClNO5/c18-12-3-1-11(2-4-12)17(21)19-8-7-16(20)24-13-5-6-14-15(9-13)23-10-22-14/h1-6,9H,7-8,10H2,(H,19,21). The summed E-state index contributed by atoms with van der Waals surface area (Å²) >= 11 is 5.76. The third-order valence-electron chi connectivity index (χ3n) is 3.30. The molecule has 0 saturated carbocycles. The van der Waals surface area contributed by atoms with Crippen molar-refractivity contribution in [2.75, 3.05) is 13.3 Å². The molecule has 1 amide bonds. The van der Waals surface area contributed by atoms with Crippen LogP contribution in [0.5, 0.6) is 17.2 Å². The normalized spacial score (nSPS) is 11.9. The predicted molar refractivity (Wildman–Crippen MR) is 86.6 cm³/mol. The van der Waals surface area contributed by atoms with E-state index in [0.717, 1.165) is 0 Å². The van der Waals surface area contributed by atoms with Gasteiger partial charge in [-0.2, -0.15) is 0 Å². The van der Waals surface area contributed by atoms with Crippen molar-refractivity contribution in [3.63, 3.8) is 0 Å². The predicted octanol–water partition coefficient (Wildman–Crippen LogP) is 2.79. The van der Waals surface area contributed by atoms with Crippen molar-refractivity contribution in [3.05, 3.63) is 53.1 Å². The molecule has 124 valence electrons. The van der Waals surface area contributed by atoms with Gasteiger partial charge < -0.3 is 19.5 Å². The van der Waals surface area contributed by atoms with E-state index in [1.54, 1.807) is 42.5 Å². The summed E-state index contributed by atoms with van der Waals surface area (Å²) in [6.07, 6.45) is 0.0494. The molecule has 2 aromatic rings. The van der Waals surface area contributed by atoms with Gasteiger partial charge in [-0.05, 0) is 36.4 Å². The highest BCUT2D eigenvalue weighted by molar-refractivity contribution is 6.30. The zero-order valence-corrected chi connectivity index (χ0v) is 13.3. The van der Waals surface area contributed by atoms with E-state index in [0.29, 0.717) is 27.8 Å². The molecule has 0 aromatic heterocycles. The largest absolute Gasteiger partial charge is 0.454 e. The van der Waals surface area contributed by atoms with Gasteiger partial charge in [-0.3, -0.25) is 9.59 Å². The molecule has 2 aromatic carbocycles. The lowest BCUT2D eigenvalue weighted by Gasteiger charge is -2.07.